The molecule has 1 aromatic rings. The van der Waals surface area contributed by atoms with Crippen LogP contribution in [0.25, 0.3) is 0 Å². The average molecular weight is 386 g/mol. The molecule has 2 unspecified atom stereocenters. The minimum Gasteiger partial charge on any atom is -0.373 e. The Morgan fingerprint density at radius 3 is 2.46 bits per heavy atom. The zero-order valence-corrected chi connectivity index (χ0v) is 17.6. The van der Waals surface area contributed by atoms with Gasteiger partial charge in [-0.3, -0.25) is 9.78 Å². The minimum atomic E-state index is -0.472. The SMILES string of the molecule is COC1(c2ccnc(C(N)=O)c2)C2CCCC1CN(C[C@@H]1C[C@@H](C)[C@@H](C)C1)C2. The van der Waals surface area contributed by atoms with E-state index in [1.807, 2.05) is 19.2 Å². The Bertz CT molecular complexity index is 698. The molecule has 0 spiro atoms. The average Bonchev–Trinajstić information content (AvgIpc) is 2.98. The molecular formula is C23H35N3O2. The number of primary amides is 1. The van der Waals surface area contributed by atoms with Crippen molar-refractivity contribution in [1.82, 2.24) is 9.88 Å². The van der Waals surface area contributed by atoms with Gasteiger partial charge in [0.2, 0.25) is 0 Å². The number of likely N-dealkylation sites (tertiary alicyclic amines) is 1. The van der Waals surface area contributed by atoms with Gasteiger partial charge in [0.05, 0.1) is 0 Å². The van der Waals surface area contributed by atoms with Crippen LogP contribution < -0.4 is 5.73 Å². The molecule has 5 heteroatoms. The third kappa shape index (κ3) is 3.37. The first-order valence-corrected chi connectivity index (χ1v) is 11.0. The molecule has 2 saturated carbocycles. The van der Waals surface area contributed by atoms with Crippen molar-refractivity contribution in [3.8, 4) is 0 Å². The number of nitrogens with zero attached hydrogens (tertiary/aromatic N) is 2. The Kier molecular flexibility index (Phi) is 5.49. The first-order chi connectivity index (χ1) is 13.4. The number of fused-ring (bicyclic) bond motifs is 2. The summed E-state index contributed by atoms with van der Waals surface area (Å²) in [5.74, 6) is 2.98. The van der Waals surface area contributed by atoms with Gasteiger partial charge >= 0.3 is 0 Å². The molecule has 1 aromatic heterocycles. The Hall–Kier alpha value is -1.46. The summed E-state index contributed by atoms with van der Waals surface area (Å²) in [5.41, 5.74) is 6.59. The predicted octanol–water partition coefficient (Wildman–Crippen LogP) is 3.44. The lowest BCUT2D eigenvalue weighted by molar-refractivity contribution is -0.170. The van der Waals surface area contributed by atoms with E-state index in [1.165, 1.54) is 38.6 Å². The number of hydrogen-bond donors (Lipinski definition) is 1. The van der Waals surface area contributed by atoms with Crippen molar-refractivity contribution in [2.24, 2.45) is 35.3 Å². The highest BCUT2D eigenvalue weighted by Crippen LogP contribution is 2.52. The molecular weight excluding hydrogens is 350 g/mol. The van der Waals surface area contributed by atoms with E-state index in [9.17, 15) is 4.79 Å². The van der Waals surface area contributed by atoms with Crippen molar-refractivity contribution in [1.29, 1.82) is 0 Å². The van der Waals surface area contributed by atoms with E-state index < -0.39 is 5.91 Å². The van der Waals surface area contributed by atoms with E-state index >= 15 is 0 Å². The largest absolute Gasteiger partial charge is 0.373 e. The Morgan fingerprint density at radius 2 is 1.89 bits per heavy atom. The number of rotatable bonds is 5. The van der Waals surface area contributed by atoms with Crippen molar-refractivity contribution in [3.05, 3.63) is 29.6 Å². The van der Waals surface area contributed by atoms with Gasteiger partial charge in [-0.15, -0.1) is 0 Å². The van der Waals surface area contributed by atoms with Crippen LogP contribution in [0.5, 0.6) is 0 Å². The van der Waals surface area contributed by atoms with Gasteiger partial charge in [-0.1, -0.05) is 20.3 Å². The highest BCUT2D eigenvalue weighted by atomic mass is 16.5. The molecule has 1 amide bonds. The number of nitrogens with two attached hydrogens (primary N) is 1. The van der Waals surface area contributed by atoms with Gasteiger partial charge in [0.1, 0.15) is 11.3 Å². The third-order valence-electron chi connectivity index (χ3n) is 7.97. The van der Waals surface area contributed by atoms with Gasteiger partial charge in [-0.2, -0.15) is 0 Å². The van der Waals surface area contributed by atoms with Crippen molar-refractivity contribution >= 4 is 5.91 Å². The Labute approximate surface area is 169 Å². The molecule has 3 fully saturated rings. The predicted molar refractivity (Wildman–Crippen MR) is 110 cm³/mol. The standard InChI is InChI=1S/C23H35N3O2/c1-15-9-17(10-16(15)2)12-26-13-19-5-4-6-20(14-26)23(19,28-3)18-7-8-25-21(11-18)22(24)27/h7-8,11,15-17,19-20H,4-6,9-10,12-14H2,1-3H3,(H2,24,27)/t15-,16+,17-,19?,20?,23?. The second-order valence-electron chi connectivity index (χ2n) is 9.63. The summed E-state index contributed by atoms with van der Waals surface area (Å²) in [6.45, 7) is 8.21. The normalized spacial score (nSPS) is 38.5. The molecule has 2 N–H and O–H groups in total. The maximum absolute atomic E-state index is 11.7. The Balaban J connectivity index is 1.57. The summed E-state index contributed by atoms with van der Waals surface area (Å²) < 4.78 is 6.31. The number of hydrogen-bond acceptors (Lipinski definition) is 4. The minimum absolute atomic E-state index is 0.321. The van der Waals surface area contributed by atoms with E-state index in [0.29, 0.717) is 17.5 Å². The van der Waals surface area contributed by atoms with Crippen LogP contribution >= 0.6 is 0 Å². The van der Waals surface area contributed by atoms with E-state index in [-0.39, 0.29) is 5.60 Å². The fraction of sp³-hybridized carbons (Fsp3) is 0.739. The zero-order chi connectivity index (χ0) is 19.9. The maximum Gasteiger partial charge on any atom is 0.267 e. The second kappa shape index (κ2) is 7.75. The number of carbonyl (C=O) groups excluding carboxylic acids is 1. The first kappa shape index (κ1) is 19.8. The van der Waals surface area contributed by atoms with Gasteiger partial charge in [-0.05, 0) is 61.1 Å². The Morgan fingerprint density at radius 1 is 1.25 bits per heavy atom. The van der Waals surface area contributed by atoms with Crippen LogP contribution in [0, 0.1) is 29.6 Å². The highest BCUT2D eigenvalue weighted by molar-refractivity contribution is 5.90. The summed E-state index contributed by atoms with van der Waals surface area (Å²) in [6.07, 6.45) is 8.06. The van der Waals surface area contributed by atoms with E-state index in [4.69, 9.17) is 10.5 Å². The fourth-order valence-electron chi connectivity index (χ4n) is 6.53. The van der Waals surface area contributed by atoms with Crippen LogP contribution in [-0.4, -0.2) is 42.5 Å². The monoisotopic (exact) mass is 385 g/mol. The molecule has 0 aromatic carbocycles. The van der Waals surface area contributed by atoms with Crippen molar-refractivity contribution in [3.63, 3.8) is 0 Å². The summed E-state index contributed by atoms with van der Waals surface area (Å²) in [4.78, 5) is 18.5. The molecule has 3 aliphatic rings. The lowest BCUT2D eigenvalue weighted by Gasteiger charge is -2.55. The van der Waals surface area contributed by atoms with E-state index in [1.54, 1.807) is 6.20 Å². The van der Waals surface area contributed by atoms with Gasteiger partial charge in [-0.25, -0.2) is 0 Å². The van der Waals surface area contributed by atoms with Crippen LogP contribution in [0.1, 0.15) is 62.0 Å². The van der Waals surface area contributed by atoms with Gasteiger partial charge in [0.15, 0.2) is 0 Å². The van der Waals surface area contributed by atoms with Crippen molar-refractivity contribution in [2.75, 3.05) is 26.7 Å². The fourth-order valence-corrected chi connectivity index (χ4v) is 6.53. The summed E-state index contributed by atoms with van der Waals surface area (Å²) in [6, 6.07) is 3.89. The number of carbonyl (C=O) groups is 1. The molecule has 4 rings (SSSR count). The van der Waals surface area contributed by atoms with Crippen LogP contribution in [0.3, 0.4) is 0 Å². The molecule has 1 aliphatic heterocycles. The number of ether oxygens (including phenoxy) is 1. The third-order valence-corrected chi connectivity index (χ3v) is 7.97. The summed E-state index contributed by atoms with van der Waals surface area (Å²) >= 11 is 0. The number of amides is 1. The molecule has 1 saturated heterocycles. The molecule has 2 heterocycles. The van der Waals surface area contributed by atoms with Gasteiger partial charge < -0.3 is 15.4 Å². The van der Waals surface area contributed by atoms with Crippen molar-refractivity contribution in [2.45, 2.75) is 51.6 Å². The quantitative estimate of drug-likeness (QED) is 0.843. The molecule has 5 atom stereocenters. The van der Waals surface area contributed by atoms with Crippen LogP contribution in [0.15, 0.2) is 18.3 Å². The van der Waals surface area contributed by atoms with Gasteiger partial charge in [0.25, 0.3) is 5.91 Å². The zero-order valence-electron chi connectivity index (χ0n) is 17.6. The van der Waals surface area contributed by atoms with Crippen LogP contribution in [0.2, 0.25) is 0 Å². The molecule has 154 valence electrons. The second-order valence-corrected chi connectivity index (χ2v) is 9.63. The molecule has 0 radical (unpaired) electrons. The van der Waals surface area contributed by atoms with Crippen LogP contribution in [-0.2, 0) is 10.3 Å². The van der Waals surface area contributed by atoms with Crippen molar-refractivity contribution < 1.29 is 9.53 Å². The highest BCUT2D eigenvalue weighted by Gasteiger charge is 2.53. The number of piperidine rings is 1. The van der Waals surface area contributed by atoms with Gasteiger partial charge in [0, 0.05) is 44.8 Å². The molecule has 5 nitrogen and oxygen atoms in total. The molecule has 2 aliphatic carbocycles. The number of aromatic nitrogens is 1. The summed E-state index contributed by atoms with van der Waals surface area (Å²) in [5, 5.41) is 0. The lowest BCUT2D eigenvalue weighted by Crippen LogP contribution is -2.59. The number of methoxy groups -OCH3 is 1. The first-order valence-electron chi connectivity index (χ1n) is 11.0. The van der Waals surface area contributed by atoms with Crippen LogP contribution in [0.4, 0.5) is 0 Å². The topological polar surface area (TPSA) is 68.5 Å². The van der Waals surface area contributed by atoms with E-state index in [0.717, 1.165) is 36.4 Å². The summed E-state index contributed by atoms with van der Waals surface area (Å²) in [7, 11) is 1.84. The molecule has 28 heavy (non-hydrogen) atoms. The smallest absolute Gasteiger partial charge is 0.267 e. The molecule has 2 bridgehead atoms. The van der Waals surface area contributed by atoms with E-state index in [2.05, 4.69) is 23.7 Å². The lowest BCUT2D eigenvalue weighted by atomic mass is 9.62. The number of pyridine rings is 1. The maximum atomic E-state index is 11.7.